The monoisotopic (exact) mass is 284 g/mol. The molecular weight excluding hydrogens is 264 g/mol. The number of benzene rings is 2. The smallest absolute Gasteiger partial charge is 0.255 e. The summed E-state index contributed by atoms with van der Waals surface area (Å²) in [4.78, 5) is 12.1. The maximum atomic E-state index is 12.1. The van der Waals surface area contributed by atoms with Crippen molar-refractivity contribution in [3.63, 3.8) is 0 Å². The summed E-state index contributed by atoms with van der Waals surface area (Å²) >= 11 is 0. The quantitative estimate of drug-likeness (QED) is 0.857. The molecule has 2 rings (SSSR count). The highest BCUT2D eigenvalue weighted by Crippen LogP contribution is 2.15. The number of amides is 1. The van der Waals surface area contributed by atoms with E-state index in [1.807, 2.05) is 31.2 Å². The van der Waals surface area contributed by atoms with Crippen LogP contribution in [0.2, 0.25) is 0 Å². The number of nitrogens with two attached hydrogens (primary N) is 1. The van der Waals surface area contributed by atoms with Crippen LogP contribution in [0.3, 0.4) is 0 Å². The van der Waals surface area contributed by atoms with Crippen LogP contribution in [0, 0.1) is 0 Å². The minimum Gasteiger partial charge on any atom is -0.494 e. The largest absolute Gasteiger partial charge is 0.494 e. The molecule has 0 aliphatic carbocycles. The van der Waals surface area contributed by atoms with Crippen molar-refractivity contribution < 1.29 is 9.53 Å². The van der Waals surface area contributed by atoms with E-state index in [-0.39, 0.29) is 5.91 Å². The molecule has 3 N–H and O–H groups in total. The summed E-state index contributed by atoms with van der Waals surface area (Å²) in [6.45, 7) is 3.16. The van der Waals surface area contributed by atoms with Gasteiger partial charge in [-0.1, -0.05) is 12.1 Å². The summed E-state index contributed by atoms with van der Waals surface area (Å²) in [5, 5.41) is 2.87. The number of nitrogens with one attached hydrogen (secondary N) is 1. The first-order valence-corrected chi connectivity index (χ1v) is 7.06. The second kappa shape index (κ2) is 7.45. The Balaban J connectivity index is 2.00. The van der Waals surface area contributed by atoms with Crippen LogP contribution in [0.4, 0.5) is 5.69 Å². The van der Waals surface area contributed by atoms with Gasteiger partial charge >= 0.3 is 0 Å². The average Bonchev–Trinajstić information content (AvgIpc) is 2.50. The van der Waals surface area contributed by atoms with E-state index in [0.717, 1.165) is 23.4 Å². The SMILES string of the molecule is CCOc1ccc(C(=O)Nc2ccc(CCN)cc2)cc1. The maximum absolute atomic E-state index is 12.1. The molecule has 2 aromatic carbocycles. The first kappa shape index (κ1) is 15.1. The van der Waals surface area contributed by atoms with Crippen molar-refractivity contribution >= 4 is 11.6 Å². The number of carbonyl (C=O) groups is 1. The number of ether oxygens (including phenoxy) is 1. The van der Waals surface area contributed by atoms with Crippen LogP contribution in [-0.4, -0.2) is 19.1 Å². The second-order valence-corrected chi connectivity index (χ2v) is 4.65. The molecule has 21 heavy (non-hydrogen) atoms. The van der Waals surface area contributed by atoms with Gasteiger partial charge in [0.2, 0.25) is 0 Å². The Morgan fingerprint density at radius 1 is 1.10 bits per heavy atom. The molecular formula is C17H20N2O2. The van der Waals surface area contributed by atoms with E-state index >= 15 is 0 Å². The van der Waals surface area contributed by atoms with Gasteiger partial charge in [-0.15, -0.1) is 0 Å². The molecule has 2 aromatic rings. The molecule has 0 atom stereocenters. The Labute approximate surface area is 124 Å². The van der Waals surface area contributed by atoms with Gasteiger partial charge in [-0.2, -0.15) is 0 Å². The van der Waals surface area contributed by atoms with Gasteiger partial charge in [-0.25, -0.2) is 0 Å². The minimum atomic E-state index is -0.135. The fourth-order valence-corrected chi connectivity index (χ4v) is 1.99. The summed E-state index contributed by atoms with van der Waals surface area (Å²) in [6, 6.07) is 14.8. The van der Waals surface area contributed by atoms with Crippen LogP contribution < -0.4 is 15.8 Å². The van der Waals surface area contributed by atoms with Gasteiger partial charge in [0.1, 0.15) is 5.75 Å². The third kappa shape index (κ3) is 4.33. The van der Waals surface area contributed by atoms with Crippen molar-refractivity contribution in [3.8, 4) is 5.75 Å². The normalized spacial score (nSPS) is 10.2. The molecule has 110 valence electrons. The van der Waals surface area contributed by atoms with E-state index < -0.39 is 0 Å². The van der Waals surface area contributed by atoms with Gasteiger partial charge in [0.05, 0.1) is 6.61 Å². The highest BCUT2D eigenvalue weighted by atomic mass is 16.5. The van der Waals surface area contributed by atoms with E-state index in [1.165, 1.54) is 0 Å². The molecule has 0 spiro atoms. The summed E-state index contributed by atoms with van der Waals surface area (Å²) < 4.78 is 5.35. The summed E-state index contributed by atoms with van der Waals surface area (Å²) in [5.74, 6) is 0.629. The molecule has 0 fully saturated rings. The van der Waals surface area contributed by atoms with E-state index in [4.69, 9.17) is 10.5 Å². The van der Waals surface area contributed by atoms with Crippen LogP contribution >= 0.6 is 0 Å². The van der Waals surface area contributed by atoms with Crippen molar-refractivity contribution in [2.24, 2.45) is 5.73 Å². The van der Waals surface area contributed by atoms with Crippen molar-refractivity contribution in [3.05, 3.63) is 59.7 Å². The standard InChI is InChI=1S/C17H20N2O2/c1-2-21-16-9-5-14(6-10-16)17(20)19-15-7-3-13(4-8-15)11-12-18/h3-10H,2,11-12,18H2,1H3,(H,19,20). The Morgan fingerprint density at radius 2 is 1.76 bits per heavy atom. The van der Waals surface area contributed by atoms with Gasteiger partial charge < -0.3 is 15.8 Å². The van der Waals surface area contributed by atoms with Gasteiger partial charge in [0.15, 0.2) is 0 Å². The van der Waals surface area contributed by atoms with Crippen molar-refractivity contribution in [1.29, 1.82) is 0 Å². The van der Waals surface area contributed by atoms with Gasteiger partial charge in [-0.3, -0.25) is 4.79 Å². The number of anilines is 1. The molecule has 0 radical (unpaired) electrons. The highest BCUT2D eigenvalue weighted by Gasteiger charge is 2.06. The predicted molar refractivity (Wildman–Crippen MR) is 84.8 cm³/mol. The first-order chi connectivity index (χ1) is 10.2. The predicted octanol–water partition coefficient (Wildman–Crippen LogP) is 2.84. The molecule has 1 amide bonds. The zero-order valence-corrected chi connectivity index (χ0v) is 12.1. The van der Waals surface area contributed by atoms with Crippen LogP contribution in [0.1, 0.15) is 22.8 Å². The van der Waals surface area contributed by atoms with E-state index in [9.17, 15) is 4.79 Å². The molecule has 0 aliphatic heterocycles. The average molecular weight is 284 g/mol. The van der Waals surface area contributed by atoms with Gasteiger partial charge in [-0.05, 0) is 61.9 Å². The van der Waals surface area contributed by atoms with Crippen molar-refractivity contribution in [1.82, 2.24) is 0 Å². The van der Waals surface area contributed by atoms with Gasteiger partial charge in [0, 0.05) is 11.3 Å². The number of carbonyl (C=O) groups excluding carboxylic acids is 1. The maximum Gasteiger partial charge on any atom is 0.255 e. The first-order valence-electron chi connectivity index (χ1n) is 7.06. The third-order valence-corrected chi connectivity index (χ3v) is 3.07. The number of hydrogen-bond donors (Lipinski definition) is 2. The zero-order valence-electron chi connectivity index (χ0n) is 12.1. The summed E-state index contributed by atoms with van der Waals surface area (Å²) in [5.41, 5.74) is 8.05. The molecule has 0 saturated carbocycles. The lowest BCUT2D eigenvalue weighted by Gasteiger charge is -2.07. The van der Waals surface area contributed by atoms with Crippen LogP contribution in [0.5, 0.6) is 5.75 Å². The lowest BCUT2D eigenvalue weighted by molar-refractivity contribution is 0.102. The van der Waals surface area contributed by atoms with Crippen LogP contribution in [0.15, 0.2) is 48.5 Å². The number of rotatable bonds is 6. The van der Waals surface area contributed by atoms with Crippen LogP contribution in [-0.2, 0) is 6.42 Å². The molecule has 4 heteroatoms. The van der Waals surface area contributed by atoms with Crippen molar-refractivity contribution in [2.75, 3.05) is 18.5 Å². The van der Waals surface area contributed by atoms with E-state index in [2.05, 4.69) is 5.32 Å². The zero-order chi connectivity index (χ0) is 15.1. The lowest BCUT2D eigenvalue weighted by Crippen LogP contribution is -2.11. The Kier molecular flexibility index (Phi) is 5.35. The van der Waals surface area contributed by atoms with E-state index in [1.54, 1.807) is 24.3 Å². The third-order valence-electron chi connectivity index (χ3n) is 3.07. The molecule has 0 bridgehead atoms. The summed E-state index contributed by atoms with van der Waals surface area (Å²) in [6.07, 6.45) is 0.840. The summed E-state index contributed by atoms with van der Waals surface area (Å²) in [7, 11) is 0. The van der Waals surface area contributed by atoms with Gasteiger partial charge in [0.25, 0.3) is 5.91 Å². The van der Waals surface area contributed by atoms with Crippen molar-refractivity contribution in [2.45, 2.75) is 13.3 Å². The molecule has 4 nitrogen and oxygen atoms in total. The molecule has 0 heterocycles. The Bertz CT molecular complexity index is 577. The number of hydrogen-bond acceptors (Lipinski definition) is 3. The molecule has 0 aromatic heterocycles. The van der Waals surface area contributed by atoms with Crippen LogP contribution in [0.25, 0.3) is 0 Å². The molecule has 0 aliphatic rings. The minimum absolute atomic E-state index is 0.135. The Morgan fingerprint density at radius 3 is 2.33 bits per heavy atom. The molecule has 0 saturated heterocycles. The highest BCUT2D eigenvalue weighted by molar-refractivity contribution is 6.04. The fraction of sp³-hybridized carbons (Fsp3) is 0.235. The topological polar surface area (TPSA) is 64.3 Å². The van der Waals surface area contributed by atoms with E-state index in [0.29, 0.717) is 18.7 Å². The molecule has 0 unspecified atom stereocenters. The second-order valence-electron chi connectivity index (χ2n) is 4.65. The Hall–Kier alpha value is -2.33. The lowest BCUT2D eigenvalue weighted by atomic mass is 10.1. The fourth-order valence-electron chi connectivity index (χ4n) is 1.99.